The highest BCUT2D eigenvalue weighted by Crippen LogP contribution is 2.30. The molecule has 32 heavy (non-hydrogen) atoms. The van der Waals surface area contributed by atoms with Gasteiger partial charge >= 0.3 is 0 Å². The van der Waals surface area contributed by atoms with Crippen LogP contribution in [0.5, 0.6) is 11.5 Å². The minimum absolute atomic E-state index is 0.104. The zero-order chi connectivity index (χ0) is 22.5. The van der Waals surface area contributed by atoms with Crippen molar-refractivity contribution >= 4 is 34.1 Å². The molecule has 0 fully saturated rings. The van der Waals surface area contributed by atoms with Crippen LogP contribution in [0.15, 0.2) is 71.9 Å². The number of anilines is 1. The van der Waals surface area contributed by atoms with Crippen molar-refractivity contribution in [3.63, 3.8) is 0 Å². The Morgan fingerprint density at radius 2 is 1.75 bits per heavy atom. The van der Waals surface area contributed by atoms with Crippen molar-refractivity contribution in [2.24, 2.45) is 7.05 Å². The maximum Gasteiger partial charge on any atom is 0.234 e. The van der Waals surface area contributed by atoms with Gasteiger partial charge in [0.05, 0.1) is 12.9 Å². The number of hydrogen-bond acceptors (Lipinski definition) is 6. The molecule has 1 aromatic heterocycles. The monoisotopic (exact) mass is 448 g/mol. The first-order chi connectivity index (χ1) is 15.5. The van der Waals surface area contributed by atoms with Gasteiger partial charge in [-0.1, -0.05) is 54.2 Å². The van der Waals surface area contributed by atoms with Gasteiger partial charge in [0.15, 0.2) is 28.6 Å². The summed E-state index contributed by atoms with van der Waals surface area (Å²) >= 11 is 1.33. The van der Waals surface area contributed by atoms with Gasteiger partial charge in [0.2, 0.25) is 5.91 Å². The van der Waals surface area contributed by atoms with Crippen LogP contribution in [-0.2, 0) is 11.8 Å². The molecule has 7 nitrogen and oxygen atoms in total. The molecule has 4 rings (SSSR count). The summed E-state index contributed by atoms with van der Waals surface area (Å²) in [5.41, 5.74) is 0.770. The van der Waals surface area contributed by atoms with E-state index in [-0.39, 0.29) is 17.8 Å². The molecule has 0 saturated carbocycles. The number of nitrogens with one attached hydrogen (secondary N) is 1. The molecule has 1 N–H and O–H groups in total. The van der Waals surface area contributed by atoms with Crippen LogP contribution in [0.1, 0.15) is 18.9 Å². The zero-order valence-corrected chi connectivity index (χ0v) is 18.9. The first-order valence-corrected chi connectivity index (χ1v) is 11.1. The third kappa shape index (κ3) is 4.86. The smallest absolute Gasteiger partial charge is 0.234 e. The van der Waals surface area contributed by atoms with E-state index in [0.717, 1.165) is 16.5 Å². The first-order valence-electron chi connectivity index (χ1n) is 10.2. The lowest BCUT2D eigenvalue weighted by atomic mass is 10.1. The molecule has 1 heterocycles. The van der Waals surface area contributed by atoms with E-state index in [1.807, 2.05) is 85.3 Å². The molecule has 0 spiro atoms. The van der Waals surface area contributed by atoms with Crippen molar-refractivity contribution in [1.82, 2.24) is 14.8 Å². The van der Waals surface area contributed by atoms with E-state index in [2.05, 4.69) is 15.5 Å². The quantitative estimate of drug-likeness (QED) is 0.388. The summed E-state index contributed by atoms with van der Waals surface area (Å²) in [5.74, 6) is 2.07. The molecule has 0 bridgehead atoms. The highest BCUT2D eigenvalue weighted by molar-refractivity contribution is 7.99. The van der Waals surface area contributed by atoms with E-state index in [0.29, 0.717) is 22.5 Å². The molecular formula is C24H24N4O3S. The second kappa shape index (κ2) is 9.74. The molecule has 0 radical (unpaired) electrons. The number of carbonyl (C=O) groups excluding carboxylic acids is 1. The van der Waals surface area contributed by atoms with Gasteiger partial charge in [-0.2, -0.15) is 0 Å². The molecule has 1 unspecified atom stereocenters. The second-order valence-corrected chi connectivity index (χ2v) is 8.15. The molecule has 8 heteroatoms. The highest BCUT2D eigenvalue weighted by atomic mass is 32.2. The molecule has 1 atom stereocenters. The van der Waals surface area contributed by atoms with E-state index < -0.39 is 0 Å². The topological polar surface area (TPSA) is 78.3 Å². The molecule has 0 aliphatic rings. The molecule has 4 aromatic rings. The van der Waals surface area contributed by atoms with Crippen molar-refractivity contribution in [2.75, 3.05) is 18.2 Å². The van der Waals surface area contributed by atoms with Crippen molar-refractivity contribution in [1.29, 1.82) is 0 Å². The van der Waals surface area contributed by atoms with Gasteiger partial charge in [-0.25, -0.2) is 0 Å². The fraction of sp³-hybridized carbons (Fsp3) is 0.208. The predicted molar refractivity (Wildman–Crippen MR) is 126 cm³/mol. The standard InChI is InChI=1S/C24H24N4O3S/c1-16(31-21-11-7-6-10-20(21)30-3)23-26-27-24(28(23)2)32-15-22(29)25-19-13-12-17-8-4-5-9-18(17)14-19/h4-14,16H,15H2,1-3H3,(H,25,29). The SMILES string of the molecule is COc1ccccc1OC(C)c1nnc(SCC(=O)Nc2ccc3ccccc3c2)n1C. The second-order valence-electron chi connectivity index (χ2n) is 7.21. The van der Waals surface area contributed by atoms with E-state index >= 15 is 0 Å². The number of hydrogen-bond donors (Lipinski definition) is 1. The van der Waals surface area contributed by atoms with Gasteiger partial charge in [-0.3, -0.25) is 4.79 Å². The number of para-hydroxylation sites is 2. The number of amides is 1. The third-order valence-corrected chi connectivity index (χ3v) is 5.99. The van der Waals surface area contributed by atoms with Crippen molar-refractivity contribution in [3.8, 4) is 11.5 Å². The van der Waals surface area contributed by atoms with Gasteiger partial charge in [0.1, 0.15) is 0 Å². The summed E-state index contributed by atoms with van der Waals surface area (Å²) in [7, 11) is 3.47. The largest absolute Gasteiger partial charge is 0.493 e. The molecule has 0 aliphatic carbocycles. The van der Waals surface area contributed by atoms with Crippen LogP contribution in [0, 0.1) is 0 Å². The molecule has 164 valence electrons. The first kappa shape index (κ1) is 21.7. The summed E-state index contributed by atoms with van der Waals surface area (Å²) in [6, 6.07) is 21.4. The van der Waals surface area contributed by atoms with Crippen molar-refractivity contribution in [3.05, 3.63) is 72.6 Å². The van der Waals surface area contributed by atoms with E-state index in [1.54, 1.807) is 7.11 Å². The average Bonchev–Trinajstić information content (AvgIpc) is 3.18. The Balaban J connectivity index is 1.37. The van der Waals surface area contributed by atoms with Gasteiger partial charge in [-0.05, 0) is 42.0 Å². The van der Waals surface area contributed by atoms with Crippen molar-refractivity contribution in [2.45, 2.75) is 18.2 Å². The van der Waals surface area contributed by atoms with Crippen LogP contribution in [0.2, 0.25) is 0 Å². The van der Waals surface area contributed by atoms with Crippen LogP contribution >= 0.6 is 11.8 Å². The minimum Gasteiger partial charge on any atom is -0.493 e. The van der Waals surface area contributed by atoms with Crippen LogP contribution in [-0.4, -0.2) is 33.5 Å². The number of thioether (sulfide) groups is 1. The Kier molecular flexibility index (Phi) is 6.61. The summed E-state index contributed by atoms with van der Waals surface area (Å²) in [6.45, 7) is 1.90. The zero-order valence-electron chi connectivity index (χ0n) is 18.1. The number of methoxy groups -OCH3 is 1. The highest BCUT2D eigenvalue weighted by Gasteiger charge is 2.19. The van der Waals surface area contributed by atoms with Gasteiger partial charge in [0, 0.05) is 12.7 Å². The number of aromatic nitrogens is 3. The van der Waals surface area contributed by atoms with Crippen LogP contribution in [0.4, 0.5) is 5.69 Å². The van der Waals surface area contributed by atoms with Crippen LogP contribution in [0.25, 0.3) is 10.8 Å². The van der Waals surface area contributed by atoms with Gasteiger partial charge < -0.3 is 19.4 Å². The average molecular weight is 449 g/mol. The summed E-state index contributed by atoms with van der Waals surface area (Å²) in [4.78, 5) is 12.5. The molecular weight excluding hydrogens is 424 g/mol. The lowest BCUT2D eigenvalue weighted by molar-refractivity contribution is -0.113. The number of carbonyl (C=O) groups is 1. The van der Waals surface area contributed by atoms with Gasteiger partial charge in [-0.15, -0.1) is 10.2 Å². The van der Waals surface area contributed by atoms with E-state index in [1.165, 1.54) is 11.8 Å². The maximum absolute atomic E-state index is 12.5. The van der Waals surface area contributed by atoms with E-state index in [9.17, 15) is 4.79 Å². The summed E-state index contributed by atoms with van der Waals surface area (Å²) < 4.78 is 13.2. The van der Waals surface area contributed by atoms with Gasteiger partial charge in [0.25, 0.3) is 0 Å². The lowest BCUT2D eigenvalue weighted by Gasteiger charge is -2.16. The Labute approximate surface area is 190 Å². The molecule has 3 aromatic carbocycles. The Morgan fingerprint density at radius 1 is 1.03 bits per heavy atom. The maximum atomic E-state index is 12.5. The van der Waals surface area contributed by atoms with E-state index in [4.69, 9.17) is 9.47 Å². The minimum atomic E-state index is -0.343. The lowest BCUT2D eigenvalue weighted by Crippen LogP contribution is -2.15. The molecule has 1 amide bonds. The number of benzene rings is 3. The molecule has 0 saturated heterocycles. The third-order valence-electron chi connectivity index (χ3n) is 4.97. The number of rotatable bonds is 8. The van der Waals surface area contributed by atoms with Crippen LogP contribution in [0.3, 0.4) is 0 Å². The fourth-order valence-corrected chi connectivity index (χ4v) is 4.08. The predicted octanol–water partition coefficient (Wildman–Crippen LogP) is 4.85. The number of fused-ring (bicyclic) bond motifs is 1. The summed E-state index contributed by atoms with van der Waals surface area (Å²) in [5, 5.41) is 14.3. The fourth-order valence-electron chi connectivity index (χ4n) is 3.36. The molecule has 0 aliphatic heterocycles. The summed E-state index contributed by atoms with van der Waals surface area (Å²) in [6.07, 6.45) is -0.343. The Hall–Kier alpha value is -3.52. The normalized spacial score (nSPS) is 11.8. The number of ether oxygens (including phenoxy) is 2. The Morgan fingerprint density at radius 3 is 2.53 bits per heavy atom. The number of nitrogens with zero attached hydrogens (tertiary/aromatic N) is 3. The Bertz CT molecular complexity index is 1240. The van der Waals surface area contributed by atoms with Crippen molar-refractivity contribution < 1.29 is 14.3 Å². The van der Waals surface area contributed by atoms with Crippen LogP contribution < -0.4 is 14.8 Å².